The number of hydrogen-bond acceptors (Lipinski definition) is 13. The Morgan fingerprint density at radius 2 is 1.72 bits per heavy atom. The number of nitrogen functional groups attached to an aromatic ring is 1. The largest absolute Gasteiger partial charge is 0.457 e. The predicted octanol–water partition coefficient (Wildman–Crippen LogP) is 4.47. The first-order valence-electron chi connectivity index (χ1n) is 16.7. The average Bonchev–Trinajstić information content (AvgIpc) is 3.77. The number of piperazine rings is 1. The van der Waals surface area contributed by atoms with Crippen LogP contribution in [0, 0.1) is 0 Å². The first kappa shape index (κ1) is 31.8. The van der Waals surface area contributed by atoms with Gasteiger partial charge in [-0.15, -0.1) is 0 Å². The third-order valence-electron chi connectivity index (χ3n) is 8.92. The number of amides is 1. The fraction of sp³-hybridized carbons (Fsp3) is 0.314. The van der Waals surface area contributed by atoms with Crippen LogP contribution in [0.4, 0.5) is 11.5 Å². The summed E-state index contributed by atoms with van der Waals surface area (Å²) in [5.41, 5.74) is 12.0. The molecule has 1 atom stereocenters. The van der Waals surface area contributed by atoms with E-state index in [2.05, 4.69) is 20.5 Å². The number of nitrogens with one attached hydrogen (secondary N) is 1. The van der Waals surface area contributed by atoms with Gasteiger partial charge < -0.3 is 29.9 Å². The van der Waals surface area contributed by atoms with Crippen LogP contribution >= 0.6 is 0 Å². The zero-order valence-corrected chi connectivity index (χ0v) is 27.3. The van der Waals surface area contributed by atoms with Crippen LogP contribution in [0.15, 0.2) is 79.1 Å². The minimum absolute atomic E-state index is 0.159. The average molecular weight is 680 g/mol. The Hall–Kier alpha value is -5.48. The summed E-state index contributed by atoms with van der Waals surface area (Å²) >= 11 is 0. The van der Waals surface area contributed by atoms with E-state index in [1.54, 1.807) is 0 Å². The number of nitrogens with zero attached hydrogens (tertiary/aromatic N) is 7. The van der Waals surface area contributed by atoms with Crippen molar-refractivity contribution in [3.8, 4) is 34.3 Å². The maximum Gasteiger partial charge on any atom is 0.222 e. The number of unbranched alkanes of at least 4 members (excludes halogenated alkanes) is 1. The van der Waals surface area contributed by atoms with Crippen molar-refractivity contribution in [3.05, 3.63) is 79.1 Å². The molecule has 3 N–H and O–H groups in total. The molecule has 3 aromatic carbocycles. The molecule has 5 aromatic rings. The van der Waals surface area contributed by atoms with E-state index in [0.717, 1.165) is 48.7 Å². The number of aryl methyl sites for hydroxylation is 1. The molecule has 0 spiro atoms. The first-order chi connectivity index (χ1) is 24.6. The van der Waals surface area contributed by atoms with Gasteiger partial charge in [-0.05, 0) is 61.4 Å². The fourth-order valence-corrected chi connectivity index (χ4v) is 6.27. The maximum absolute atomic E-state index is 13.2. The third kappa shape index (κ3) is 6.71. The van der Waals surface area contributed by atoms with E-state index in [9.17, 15) is 4.79 Å². The second-order valence-electron chi connectivity index (χ2n) is 12.2. The maximum atomic E-state index is 13.2. The lowest BCUT2D eigenvalue weighted by molar-refractivity contribution is -0.376. The molecule has 15 heteroatoms. The van der Waals surface area contributed by atoms with Gasteiger partial charge in [0.25, 0.3) is 0 Å². The molecule has 3 aliphatic heterocycles. The monoisotopic (exact) mass is 679 g/mol. The minimum atomic E-state index is -0.428. The molecule has 0 saturated carbocycles. The summed E-state index contributed by atoms with van der Waals surface area (Å²) in [4.78, 5) is 48.0. The normalized spacial score (nSPS) is 17.7. The number of anilines is 2. The highest BCUT2D eigenvalue weighted by Gasteiger charge is 2.34. The van der Waals surface area contributed by atoms with E-state index in [-0.39, 0.29) is 5.91 Å². The summed E-state index contributed by atoms with van der Waals surface area (Å²) in [5.74, 6) is 3.26. The number of benzene rings is 3. The topological polar surface area (TPSA) is 155 Å². The lowest BCUT2D eigenvalue weighted by Crippen LogP contribution is -2.48. The number of aromatic nitrogens is 4. The number of para-hydroxylation sites is 1. The molecule has 1 unspecified atom stereocenters. The lowest BCUT2D eigenvalue weighted by atomic mass is 10.1. The van der Waals surface area contributed by atoms with E-state index in [1.165, 1.54) is 11.6 Å². The summed E-state index contributed by atoms with van der Waals surface area (Å²) in [7, 11) is 0. The van der Waals surface area contributed by atoms with Crippen LogP contribution in [0.25, 0.3) is 22.3 Å². The van der Waals surface area contributed by atoms with Crippen LogP contribution in [0.5, 0.6) is 23.0 Å². The summed E-state index contributed by atoms with van der Waals surface area (Å²) < 4.78 is 7.81. The summed E-state index contributed by atoms with van der Waals surface area (Å²) in [6.07, 6.45) is 3.58. The van der Waals surface area contributed by atoms with Crippen molar-refractivity contribution in [1.82, 2.24) is 35.5 Å². The zero-order valence-electron chi connectivity index (χ0n) is 27.3. The Bertz CT molecular complexity index is 1940. The second-order valence-corrected chi connectivity index (χ2v) is 12.2. The van der Waals surface area contributed by atoms with Gasteiger partial charge >= 0.3 is 0 Å². The summed E-state index contributed by atoms with van der Waals surface area (Å²) in [6.45, 7) is 3.84. The molecule has 0 bridgehead atoms. The number of nitrogens with two attached hydrogens (primary N) is 1. The van der Waals surface area contributed by atoms with Crippen molar-refractivity contribution in [2.24, 2.45) is 0 Å². The van der Waals surface area contributed by atoms with E-state index < -0.39 is 6.23 Å². The second kappa shape index (κ2) is 14.2. The van der Waals surface area contributed by atoms with E-state index in [1.807, 2.05) is 82.4 Å². The van der Waals surface area contributed by atoms with Crippen molar-refractivity contribution in [2.45, 2.75) is 38.5 Å². The molecular weight excluding hydrogens is 642 g/mol. The van der Waals surface area contributed by atoms with Crippen LogP contribution in [0.1, 0.15) is 25.7 Å². The number of hydrogen-bond donors (Lipinski definition) is 2. The van der Waals surface area contributed by atoms with E-state index in [0.29, 0.717) is 73.1 Å². The van der Waals surface area contributed by atoms with Crippen molar-refractivity contribution in [3.63, 3.8) is 0 Å². The Balaban J connectivity index is 0.833. The van der Waals surface area contributed by atoms with Gasteiger partial charge in [0.2, 0.25) is 12.1 Å². The van der Waals surface area contributed by atoms with Crippen molar-refractivity contribution in [2.75, 3.05) is 43.4 Å². The minimum Gasteiger partial charge on any atom is -0.457 e. The molecule has 1 amide bonds. The molecule has 2 fully saturated rings. The van der Waals surface area contributed by atoms with Gasteiger partial charge in [0.1, 0.15) is 29.3 Å². The Morgan fingerprint density at radius 3 is 2.52 bits per heavy atom. The molecule has 3 aliphatic rings. The lowest BCUT2D eigenvalue weighted by Gasteiger charge is -2.36. The Morgan fingerprint density at radius 1 is 0.920 bits per heavy atom. The number of hydroxylamine groups is 2. The number of ether oxygens (including phenoxy) is 1. The number of fused-ring (bicyclic) bond motifs is 2. The number of rotatable bonds is 10. The molecule has 0 aliphatic carbocycles. The molecule has 2 aromatic heterocycles. The highest BCUT2D eigenvalue weighted by Crippen LogP contribution is 2.39. The van der Waals surface area contributed by atoms with Crippen molar-refractivity contribution >= 4 is 28.4 Å². The molecular formula is C35H37N9O6. The standard InChI is InChI=1S/C35H37N9O6/c36-34-32-33(24-9-12-27(13-10-24)47-26-6-2-1-3-7-26)39-43(35(32)38-23-37-34)16-5-4-8-30(45)42-19-17-41(18-20-42)25-11-14-28-29(22-25)50-44(49-28)31-15-21-46-40-48-31/h1-3,6-7,9-14,22-23,31,40H,4-5,8,15-21H2,(H2,36,37,38). The van der Waals surface area contributed by atoms with Crippen LogP contribution in [-0.2, 0) is 21.0 Å². The smallest absolute Gasteiger partial charge is 0.222 e. The molecule has 0 radical (unpaired) electrons. The van der Waals surface area contributed by atoms with Crippen molar-refractivity contribution < 1.29 is 28.9 Å². The van der Waals surface area contributed by atoms with Gasteiger partial charge in [-0.2, -0.15) is 5.10 Å². The highest BCUT2D eigenvalue weighted by molar-refractivity contribution is 5.98. The van der Waals surface area contributed by atoms with Gasteiger partial charge in [-0.25, -0.2) is 14.6 Å². The zero-order chi connectivity index (χ0) is 33.9. The van der Waals surface area contributed by atoms with Crippen molar-refractivity contribution in [1.29, 1.82) is 0 Å². The van der Waals surface area contributed by atoms with Crippen LogP contribution in [0.2, 0.25) is 0 Å². The predicted molar refractivity (Wildman–Crippen MR) is 182 cm³/mol. The van der Waals surface area contributed by atoms with Crippen LogP contribution < -0.4 is 30.7 Å². The molecule has 15 nitrogen and oxygen atoms in total. The van der Waals surface area contributed by atoms with Gasteiger partial charge in [-0.1, -0.05) is 23.8 Å². The van der Waals surface area contributed by atoms with Gasteiger partial charge in [0.05, 0.1) is 17.2 Å². The number of carbonyl (C=O) groups is 1. The van der Waals surface area contributed by atoms with E-state index in [4.69, 9.17) is 34.9 Å². The highest BCUT2D eigenvalue weighted by atomic mass is 17.0. The number of carbonyl (C=O) groups excluding carboxylic acids is 1. The summed E-state index contributed by atoms with van der Waals surface area (Å²) in [6, 6.07) is 23.2. The fourth-order valence-electron chi connectivity index (χ4n) is 6.27. The molecule has 2 saturated heterocycles. The molecule has 5 heterocycles. The van der Waals surface area contributed by atoms with Gasteiger partial charge in [0, 0.05) is 62.9 Å². The Kier molecular flexibility index (Phi) is 9.00. The van der Waals surface area contributed by atoms with Gasteiger partial charge in [-0.3, -0.25) is 14.5 Å². The quantitative estimate of drug-likeness (QED) is 0.200. The SMILES string of the molecule is Nc1ncnc2c1c(-c1ccc(Oc3ccccc3)cc1)nn2CCCCC(=O)N1CCN(c2ccc3c(c2)ON(C2CCONO2)O3)CC1. The molecule has 8 rings (SSSR count). The first-order valence-corrected chi connectivity index (χ1v) is 16.7. The Labute approximate surface area is 287 Å². The molecule has 258 valence electrons. The van der Waals surface area contributed by atoms with E-state index >= 15 is 0 Å². The molecule has 50 heavy (non-hydrogen) atoms. The van der Waals surface area contributed by atoms with Crippen LogP contribution in [0.3, 0.4) is 0 Å². The van der Waals surface area contributed by atoms with Gasteiger partial charge in [0.15, 0.2) is 17.1 Å². The van der Waals surface area contributed by atoms with Crippen LogP contribution in [-0.4, -0.2) is 74.8 Å². The summed E-state index contributed by atoms with van der Waals surface area (Å²) in [5, 5.41) is 6.93. The third-order valence-corrected chi connectivity index (χ3v) is 8.92.